The number of carbonyl (C=O) groups is 1. The Bertz CT molecular complexity index is 528. The Balaban J connectivity index is 1.93. The smallest absolute Gasteiger partial charge is 0.426 e. The fraction of sp³-hybridized carbons (Fsp3) is 0.562. The van der Waals surface area contributed by atoms with Crippen molar-refractivity contribution in [1.29, 1.82) is 0 Å². The molecule has 0 aromatic heterocycles. The first-order valence-corrected chi connectivity index (χ1v) is 7.79. The molecule has 1 heterocycles. The summed E-state index contributed by atoms with van der Waals surface area (Å²) in [5.74, 6) is 0.576. The van der Waals surface area contributed by atoms with Crippen LogP contribution in [0.25, 0.3) is 0 Å². The predicted octanol–water partition coefficient (Wildman–Crippen LogP) is 3.66. The van der Waals surface area contributed by atoms with Crippen LogP contribution in [0.5, 0.6) is 5.75 Å². The Morgan fingerprint density at radius 3 is 2.38 bits per heavy atom. The van der Waals surface area contributed by atoms with Crippen LogP contribution in [0, 0.1) is 0 Å². The van der Waals surface area contributed by atoms with Gasteiger partial charge < -0.3 is 9.47 Å². The number of alkyl halides is 3. The number of benzene rings is 1. The zero-order chi connectivity index (χ0) is 17.6. The summed E-state index contributed by atoms with van der Waals surface area (Å²) >= 11 is 0. The van der Waals surface area contributed by atoms with Gasteiger partial charge in [-0.25, -0.2) is 4.79 Å². The van der Waals surface area contributed by atoms with Gasteiger partial charge in [0.15, 0.2) is 0 Å². The van der Waals surface area contributed by atoms with E-state index in [9.17, 15) is 18.0 Å². The molecule has 0 bridgehead atoms. The average Bonchev–Trinajstić information content (AvgIpc) is 2.55. The minimum absolute atomic E-state index is 0.333. The van der Waals surface area contributed by atoms with E-state index in [1.54, 1.807) is 17.0 Å². The molecule has 8 heteroatoms. The number of hydrogen-bond acceptors (Lipinski definition) is 4. The summed E-state index contributed by atoms with van der Waals surface area (Å²) in [6.07, 6.45) is -5.13. The molecule has 1 aromatic rings. The number of methoxy groups -OCH3 is 1. The molecule has 1 atom stereocenters. The molecule has 0 aliphatic carbocycles. The molecule has 1 N–H and O–H groups in total. The fourth-order valence-corrected chi connectivity index (χ4v) is 2.53. The van der Waals surface area contributed by atoms with Crippen molar-refractivity contribution in [3.8, 4) is 5.75 Å². The van der Waals surface area contributed by atoms with Crippen LogP contribution >= 0.6 is 0 Å². The zero-order valence-electron chi connectivity index (χ0n) is 13.4. The molecule has 0 spiro atoms. The number of piperidine rings is 1. The highest BCUT2D eigenvalue weighted by Crippen LogP contribution is 2.25. The van der Waals surface area contributed by atoms with Crippen LogP contribution in [0.15, 0.2) is 24.3 Å². The lowest BCUT2D eigenvalue weighted by molar-refractivity contribution is -0.207. The Hall–Kier alpha value is -1.96. The molecule has 0 saturated carbocycles. The van der Waals surface area contributed by atoms with Gasteiger partial charge >= 0.3 is 12.3 Å². The number of hydrogen-bond donors (Lipinski definition) is 1. The Kier molecular flexibility index (Phi) is 6.30. The van der Waals surface area contributed by atoms with Crippen LogP contribution in [-0.2, 0) is 4.74 Å². The second-order valence-electron chi connectivity index (χ2n) is 5.65. The first-order chi connectivity index (χ1) is 11.4. The van der Waals surface area contributed by atoms with Gasteiger partial charge in [-0.15, -0.1) is 0 Å². The van der Waals surface area contributed by atoms with Gasteiger partial charge in [-0.05, 0) is 50.2 Å². The molecular weight excluding hydrogens is 325 g/mol. The van der Waals surface area contributed by atoms with Crippen molar-refractivity contribution in [2.24, 2.45) is 0 Å². The largest absolute Gasteiger partial charge is 0.497 e. The summed E-state index contributed by atoms with van der Waals surface area (Å²) in [5.41, 5.74) is 0.333. The summed E-state index contributed by atoms with van der Waals surface area (Å²) in [4.78, 5) is 13.5. The van der Waals surface area contributed by atoms with Crippen LogP contribution in [0.2, 0.25) is 0 Å². The molecule has 0 radical (unpaired) electrons. The quantitative estimate of drug-likeness (QED) is 0.884. The SMILES string of the molecule is COc1ccc(NC(=O)O[C@@H](CN2CCCCC2)C(F)(F)F)cc1. The summed E-state index contributed by atoms with van der Waals surface area (Å²) in [5, 5.41) is 2.30. The van der Waals surface area contributed by atoms with Crippen LogP contribution in [0.1, 0.15) is 19.3 Å². The molecule has 1 aliphatic heterocycles. The van der Waals surface area contributed by atoms with Gasteiger partial charge in [0.2, 0.25) is 6.10 Å². The van der Waals surface area contributed by atoms with Gasteiger partial charge in [0.25, 0.3) is 0 Å². The van der Waals surface area contributed by atoms with Crippen molar-refractivity contribution >= 4 is 11.8 Å². The molecule has 5 nitrogen and oxygen atoms in total. The van der Waals surface area contributed by atoms with Crippen molar-refractivity contribution in [3.63, 3.8) is 0 Å². The second-order valence-corrected chi connectivity index (χ2v) is 5.65. The average molecular weight is 346 g/mol. The van der Waals surface area contributed by atoms with Crippen LogP contribution in [-0.4, -0.2) is 50.0 Å². The molecule has 1 aromatic carbocycles. The molecule has 1 aliphatic rings. The number of carbonyl (C=O) groups excluding carboxylic acids is 1. The molecule has 134 valence electrons. The molecule has 0 unspecified atom stereocenters. The molecule has 24 heavy (non-hydrogen) atoms. The van der Waals surface area contributed by atoms with Gasteiger partial charge in [-0.2, -0.15) is 13.2 Å². The van der Waals surface area contributed by atoms with Crippen molar-refractivity contribution in [1.82, 2.24) is 4.90 Å². The van der Waals surface area contributed by atoms with Crippen molar-refractivity contribution in [2.75, 3.05) is 32.1 Å². The van der Waals surface area contributed by atoms with E-state index in [-0.39, 0.29) is 6.54 Å². The van der Waals surface area contributed by atoms with Crippen molar-refractivity contribution in [3.05, 3.63) is 24.3 Å². The number of ether oxygens (including phenoxy) is 2. The van der Waals surface area contributed by atoms with E-state index in [0.717, 1.165) is 19.3 Å². The number of amides is 1. The minimum Gasteiger partial charge on any atom is -0.497 e. The lowest BCUT2D eigenvalue weighted by Crippen LogP contribution is -2.46. The number of anilines is 1. The summed E-state index contributed by atoms with van der Waals surface area (Å²) in [6.45, 7) is 0.853. The molecule has 1 saturated heterocycles. The van der Waals surface area contributed by atoms with E-state index in [0.29, 0.717) is 24.5 Å². The highest BCUT2D eigenvalue weighted by molar-refractivity contribution is 5.84. The highest BCUT2D eigenvalue weighted by atomic mass is 19.4. The lowest BCUT2D eigenvalue weighted by atomic mass is 10.1. The van der Waals surface area contributed by atoms with E-state index < -0.39 is 18.4 Å². The van der Waals surface area contributed by atoms with Gasteiger partial charge in [0.1, 0.15) is 5.75 Å². The Morgan fingerprint density at radius 2 is 1.83 bits per heavy atom. The second kappa shape index (κ2) is 8.23. The first kappa shape index (κ1) is 18.4. The first-order valence-electron chi connectivity index (χ1n) is 7.79. The van der Waals surface area contributed by atoms with E-state index in [1.807, 2.05) is 0 Å². The number of rotatable bonds is 5. The monoisotopic (exact) mass is 346 g/mol. The van der Waals surface area contributed by atoms with Crippen LogP contribution in [0.4, 0.5) is 23.7 Å². The van der Waals surface area contributed by atoms with Crippen LogP contribution < -0.4 is 10.1 Å². The summed E-state index contributed by atoms with van der Waals surface area (Å²) < 4.78 is 49.0. The third-order valence-corrected chi connectivity index (χ3v) is 3.82. The topological polar surface area (TPSA) is 50.8 Å². The summed E-state index contributed by atoms with van der Waals surface area (Å²) in [6, 6.07) is 6.22. The maximum atomic E-state index is 13.1. The fourth-order valence-electron chi connectivity index (χ4n) is 2.53. The third kappa shape index (κ3) is 5.59. The molecule has 1 amide bonds. The van der Waals surface area contributed by atoms with Gasteiger partial charge in [-0.3, -0.25) is 10.2 Å². The van der Waals surface area contributed by atoms with E-state index in [1.165, 1.54) is 19.2 Å². The summed E-state index contributed by atoms with van der Waals surface area (Å²) in [7, 11) is 1.49. The minimum atomic E-state index is -4.60. The third-order valence-electron chi connectivity index (χ3n) is 3.82. The highest BCUT2D eigenvalue weighted by Gasteiger charge is 2.44. The predicted molar refractivity (Wildman–Crippen MR) is 83.2 cm³/mol. The normalized spacial score (nSPS) is 17.2. The number of nitrogens with one attached hydrogen (secondary N) is 1. The van der Waals surface area contributed by atoms with Crippen LogP contribution in [0.3, 0.4) is 0 Å². The zero-order valence-corrected chi connectivity index (χ0v) is 13.4. The maximum absolute atomic E-state index is 13.1. The Morgan fingerprint density at radius 1 is 1.21 bits per heavy atom. The van der Waals surface area contributed by atoms with Gasteiger partial charge in [0, 0.05) is 12.2 Å². The van der Waals surface area contributed by atoms with E-state index >= 15 is 0 Å². The lowest BCUT2D eigenvalue weighted by Gasteiger charge is -2.31. The van der Waals surface area contributed by atoms with E-state index in [4.69, 9.17) is 4.74 Å². The van der Waals surface area contributed by atoms with E-state index in [2.05, 4.69) is 10.1 Å². The van der Waals surface area contributed by atoms with Gasteiger partial charge in [0.05, 0.1) is 7.11 Å². The standard InChI is InChI=1S/C16H21F3N2O3/c1-23-13-7-5-12(6-8-13)20-15(22)24-14(16(17,18)19)11-21-9-3-2-4-10-21/h5-8,14H,2-4,9-11H2,1H3,(H,20,22)/t14-/m0/s1. The molecule has 1 fully saturated rings. The van der Waals surface area contributed by atoms with Crippen molar-refractivity contribution in [2.45, 2.75) is 31.5 Å². The molecular formula is C16H21F3N2O3. The number of nitrogens with zero attached hydrogens (tertiary/aromatic N) is 1. The Labute approximate surface area is 138 Å². The number of halogens is 3. The molecule has 2 rings (SSSR count). The maximum Gasteiger partial charge on any atom is 0.426 e. The van der Waals surface area contributed by atoms with Crippen molar-refractivity contribution < 1.29 is 27.4 Å². The van der Waals surface area contributed by atoms with Gasteiger partial charge in [-0.1, -0.05) is 6.42 Å². The number of likely N-dealkylation sites (tertiary alicyclic amines) is 1.